The van der Waals surface area contributed by atoms with Crippen LogP contribution in [0.5, 0.6) is 0 Å². The largest absolute Gasteiger partial charge is 0.321 e. The molecule has 0 fully saturated rings. The maximum atomic E-state index is 12.4. The average molecular weight is 324 g/mol. The molecule has 0 bridgehead atoms. The van der Waals surface area contributed by atoms with E-state index in [2.05, 4.69) is 34.0 Å². The number of H-pyrrole nitrogens is 1. The van der Waals surface area contributed by atoms with E-state index in [1.807, 2.05) is 37.0 Å². The highest BCUT2D eigenvalue weighted by Crippen LogP contribution is 2.18. The predicted molar refractivity (Wildman–Crippen MR) is 97.2 cm³/mol. The summed E-state index contributed by atoms with van der Waals surface area (Å²) in [6.07, 6.45) is 4.77. The van der Waals surface area contributed by atoms with Crippen LogP contribution in [0.4, 0.5) is 0 Å². The zero-order valence-corrected chi connectivity index (χ0v) is 14.5. The van der Waals surface area contributed by atoms with E-state index in [1.54, 1.807) is 6.20 Å². The molecule has 0 unspecified atom stereocenters. The highest BCUT2D eigenvalue weighted by atomic mass is 16.1. The number of benzene rings is 1. The number of nitrogens with zero attached hydrogens (tertiary/aromatic N) is 3. The van der Waals surface area contributed by atoms with E-state index in [0.29, 0.717) is 6.54 Å². The Bertz CT molecular complexity index is 880. The Labute approximate surface area is 141 Å². The van der Waals surface area contributed by atoms with Crippen LogP contribution >= 0.6 is 0 Å². The van der Waals surface area contributed by atoms with Gasteiger partial charge in [-0.2, -0.15) is 5.10 Å². The molecule has 0 amide bonds. The second-order valence-corrected chi connectivity index (χ2v) is 6.53. The maximum absolute atomic E-state index is 12.4. The van der Waals surface area contributed by atoms with Crippen molar-refractivity contribution in [3.63, 3.8) is 0 Å². The zero-order chi connectivity index (χ0) is 17.1. The summed E-state index contributed by atoms with van der Waals surface area (Å²) in [5.41, 5.74) is 4.09. The third-order valence-corrected chi connectivity index (χ3v) is 4.30. The Hall–Kier alpha value is -2.40. The van der Waals surface area contributed by atoms with Gasteiger partial charge in [-0.3, -0.25) is 9.48 Å². The van der Waals surface area contributed by atoms with Crippen LogP contribution in [0, 0.1) is 13.8 Å². The Morgan fingerprint density at radius 3 is 2.83 bits per heavy atom. The first kappa shape index (κ1) is 16.5. The van der Waals surface area contributed by atoms with Crippen LogP contribution in [0.25, 0.3) is 10.9 Å². The lowest BCUT2D eigenvalue weighted by Crippen LogP contribution is -2.25. The Balaban J connectivity index is 1.69. The van der Waals surface area contributed by atoms with Crippen LogP contribution < -0.4 is 5.56 Å². The number of fused-ring (bicyclic) bond motifs is 1. The summed E-state index contributed by atoms with van der Waals surface area (Å²) in [5.74, 6) is 0. The van der Waals surface area contributed by atoms with Crippen LogP contribution in [0.15, 0.2) is 41.5 Å². The minimum atomic E-state index is 0.00776. The molecule has 1 N–H and O–H groups in total. The molecule has 0 aliphatic heterocycles. The van der Waals surface area contributed by atoms with Gasteiger partial charge >= 0.3 is 0 Å². The number of aromatic nitrogens is 3. The second kappa shape index (κ2) is 7.01. The van der Waals surface area contributed by atoms with Gasteiger partial charge in [0.1, 0.15) is 0 Å². The van der Waals surface area contributed by atoms with Crippen LogP contribution in [-0.4, -0.2) is 33.3 Å². The van der Waals surface area contributed by atoms with E-state index in [-0.39, 0.29) is 5.56 Å². The lowest BCUT2D eigenvalue weighted by molar-refractivity contribution is 0.310. The monoisotopic (exact) mass is 324 g/mol. The van der Waals surface area contributed by atoms with E-state index in [9.17, 15) is 4.79 Å². The third kappa shape index (κ3) is 3.74. The summed E-state index contributed by atoms with van der Waals surface area (Å²) in [5, 5.41) is 5.31. The van der Waals surface area contributed by atoms with Gasteiger partial charge in [0.15, 0.2) is 0 Å². The first-order valence-corrected chi connectivity index (χ1v) is 8.32. The number of pyridine rings is 1. The van der Waals surface area contributed by atoms with Gasteiger partial charge in [0.05, 0.1) is 5.52 Å². The fraction of sp³-hybridized carbons (Fsp3) is 0.368. The maximum Gasteiger partial charge on any atom is 0.252 e. The minimum absolute atomic E-state index is 0.00776. The average Bonchev–Trinajstić information content (AvgIpc) is 3.02. The molecule has 3 aromatic rings. The standard InChI is InChI=1S/C19H24N4O/c1-14-10-15(2)18-16(11-14)12-17(19(24)21-18)13-22(3)7-5-9-23-8-4-6-20-23/h4,6,8,10-12H,5,7,9,13H2,1-3H3,(H,21,24). The number of aromatic amines is 1. The summed E-state index contributed by atoms with van der Waals surface area (Å²) >= 11 is 0. The first-order chi connectivity index (χ1) is 11.5. The van der Waals surface area contributed by atoms with Gasteiger partial charge in [0, 0.05) is 31.0 Å². The van der Waals surface area contributed by atoms with E-state index >= 15 is 0 Å². The lowest BCUT2D eigenvalue weighted by Gasteiger charge is -2.16. The molecule has 2 aromatic heterocycles. The Kier molecular flexibility index (Phi) is 4.81. The second-order valence-electron chi connectivity index (χ2n) is 6.53. The quantitative estimate of drug-likeness (QED) is 0.758. The molecule has 126 valence electrons. The number of aryl methyl sites for hydroxylation is 3. The topological polar surface area (TPSA) is 53.9 Å². The molecule has 0 atom stereocenters. The Morgan fingerprint density at radius 1 is 1.25 bits per heavy atom. The van der Waals surface area contributed by atoms with Crippen molar-refractivity contribution in [2.24, 2.45) is 0 Å². The van der Waals surface area contributed by atoms with Gasteiger partial charge in [-0.1, -0.05) is 11.6 Å². The normalized spacial score (nSPS) is 11.5. The molecular formula is C19H24N4O. The fourth-order valence-electron chi connectivity index (χ4n) is 3.15. The smallest absolute Gasteiger partial charge is 0.252 e. The van der Waals surface area contributed by atoms with Gasteiger partial charge in [-0.15, -0.1) is 0 Å². The molecule has 0 spiro atoms. The summed E-state index contributed by atoms with van der Waals surface area (Å²) in [4.78, 5) is 17.6. The molecule has 0 aliphatic rings. The SMILES string of the molecule is Cc1cc(C)c2[nH]c(=O)c(CN(C)CCCn3cccn3)cc2c1. The molecular weight excluding hydrogens is 300 g/mol. The first-order valence-electron chi connectivity index (χ1n) is 8.32. The predicted octanol–water partition coefficient (Wildman–Crippen LogP) is 2.86. The van der Waals surface area contributed by atoms with Crippen molar-refractivity contribution in [1.82, 2.24) is 19.7 Å². The van der Waals surface area contributed by atoms with Crippen LogP contribution in [-0.2, 0) is 13.1 Å². The van der Waals surface area contributed by atoms with Crippen LogP contribution in [0.2, 0.25) is 0 Å². The van der Waals surface area contributed by atoms with Gasteiger partial charge < -0.3 is 9.88 Å². The van der Waals surface area contributed by atoms with Gasteiger partial charge in [-0.05, 0) is 63.0 Å². The molecule has 5 heteroatoms. The highest BCUT2D eigenvalue weighted by Gasteiger charge is 2.08. The van der Waals surface area contributed by atoms with Crippen LogP contribution in [0.1, 0.15) is 23.1 Å². The molecule has 0 radical (unpaired) electrons. The highest BCUT2D eigenvalue weighted by molar-refractivity contribution is 5.82. The van der Waals surface area contributed by atoms with E-state index in [0.717, 1.165) is 41.5 Å². The summed E-state index contributed by atoms with van der Waals surface area (Å²) in [6.45, 7) is 6.58. The van der Waals surface area contributed by atoms with E-state index < -0.39 is 0 Å². The van der Waals surface area contributed by atoms with Crippen molar-refractivity contribution >= 4 is 10.9 Å². The van der Waals surface area contributed by atoms with Gasteiger partial charge in [-0.25, -0.2) is 0 Å². The number of hydrogen-bond acceptors (Lipinski definition) is 3. The summed E-state index contributed by atoms with van der Waals surface area (Å²) in [6, 6.07) is 8.18. The number of nitrogens with one attached hydrogen (secondary N) is 1. The van der Waals surface area contributed by atoms with Crippen molar-refractivity contribution in [2.45, 2.75) is 33.4 Å². The number of rotatable bonds is 6. The van der Waals surface area contributed by atoms with Crippen molar-refractivity contribution in [2.75, 3.05) is 13.6 Å². The third-order valence-electron chi connectivity index (χ3n) is 4.30. The molecule has 0 saturated heterocycles. The minimum Gasteiger partial charge on any atom is -0.321 e. The van der Waals surface area contributed by atoms with Gasteiger partial charge in [0.2, 0.25) is 0 Å². The fourth-order valence-corrected chi connectivity index (χ4v) is 3.15. The zero-order valence-electron chi connectivity index (χ0n) is 14.5. The summed E-state index contributed by atoms with van der Waals surface area (Å²) < 4.78 is 1.93. The van der Waals surface area contributed by atoms with Crippen LogP contribution in [0.3, 0.4) is 0 Å². The molecule has 0 saturated carbocycles. The Morgan fingerprint density at radius 2 is 2.08 bits per heavy atom. The van der Waals surface area contributed by atoms with E-state index in [4.69, 9.17) is 0 Å². The van der Waals surface area contributed by atoms with Crippen molar-refractivity contribution < 1.29 is 0 Å². The summed E-state index contributed by atoms with van der Waals surface area (Å²) in [7, 11) is 2.05. The molecule has 3 rings (SSSR count). The molecule has 24 heavy (non-hydrogen) atoms. The molecule has 0 aliphatic carbocycles. The van der Waals surface area contributed by atoms with Gasteiger partial charge in [0.25, 0.3) is 5.56 Å². The molecule has 2 heterocycles. The molecule has 5 nitrogen and oxygen atoms in total. The molecule has 1 aromatic carbocycles. The van der Waals surface area contributed by atoms with Crippen molar-refractivity contribution in [1.29, 1.82) is 0 Å². The van der Waals surface area contributed by atoms with Crippen molar-refractivity contribution in [3.05, 3.63) is 63.7 Å². The van der Waals surface area contributed by atoms with E-state index in [1.165, 1.54) is 5.56 Å². The number of hydrogen-bond donors (Lipinski definition) is 1. The van der Waals surface area contributed by atoms with Crippen molar-refractivity contribution in [3.8, 4) is 0 Å². The lowest BCUT2D eigenvalue weighted by atomic mass is 10.1.